The molecule has 1 atom stereocenters. The van der Waals surface area contributed by atoms with Crippen molar-refractivity contribution >= 4 is 17.5 Å². The highest BCUT2D eigenvalue weighted by molar-refractivity contribution is 5.94. The van der Waals surface area contributed by atoms with Crippen LogP contribution in [0.5, 0.6) is 0 Å². The number of allylic oxidation sites excluding steroid dienone is 2. The number of carbonyl (C=O) groups is 2. The number of likely N-dealkylation sites (tertiary alicyclic amines) is 2. The van der Waals surface area contributed by atoms with E-state index in [-0.39, 0.29) is 30.7 Å². The molecule has 2 saturated heterocycles. The quantitative estimate of drug-likeness (QED) is 0.560. The zero-order valence-corrected chi connectivity index (χ0v) is 20.9. The summed E-state index contributed by atoms with van der Waals surface area (Å²) in [7, 11) is 3.11. The monoisotopic (exact) mass is 524 g/mol. The zero-order chi connectivity index (χ0) is 27.0. The molecule has 1 aromatic rings. The number of nitrogens with zero attached hydrogens (tertiary/aromatic N) is 3. The van der Waals surface area contributed by atoms with Gasteiger partial charge in [0.2, 0.25) is 0 Å². The molecule has 2 fully saturated rings. The normalized spacial score (nSPS) is 21.2. The third kappa shape index (κ3) is 5.38. The summed E-state index contributed by atoms with van der Waals surface area (Å²) in [5.74, 6) is -2.34. The highest BCUT2D eigenvalue weighted by Crippen LogP contribution is 2.40. The first kappa shape index (κ1) is 27.1. The second-order valence-electron chi connectivity index (χ2n) is 10.1. The zero-order valence-electron chi connectivity index (χ0n) is 20.9. The lowest BCUT2D eigenvalue weighted by atomic mass is 9.86. The molecule has 37 heavy (non-hydrogen) atoms. The third-order valence-corrected chi connectivity index (χ3v) is 7.29. The number of amides is 2. The number of benzene rings is 1. The maximum absolute atomic E-state index is 14.4. The molecule has 2 amide bonds. The number of nitrogens with one attached hydrogen (secondary N) is 1. The van der Waals surface area contributed by atoms with Crippen LogP contribution < -0.4 is 5.32 Å². The minimum atomic E-state index is -5.12. The van der Waals surface area contributed by atoms with E-state index in [1.165, 1.54) is 35.3 Å². The lowest BCUT2D eigenvalue weighted by Gasteiger charge is -2.48. The first-order valence-electron chi connectivity index (χ1n) is 12.4. The molecule has 0 saturated carbocycles. The summed E-state index contributed by atoms with van der Waals surface area (Å²) in [4.78, 5) is 29.5. The van der Waals surface area contributed by atoms with E-state index in [0.717, 1.165) is 4.90 Å². The fourth-order valence-corrected chi connectivity index (χ4v) is 5.11. The molecular formula is C26H32F4N4O3. The van der Waals surface area contributed by atoms with Gasteiger partial charge in [-0.25, -0.2) is 4.39 Å². The maximum Gasteiger partial charge on any atom is 0.430 e. The average Bonchev–Trinajstić information content (AvgIpc) is 2.84. The van der Waals surface area contributed by atoms with Crippen molar-refractivity contribution in [2.75, 3.05) is 45.6 Å². The molecular weight excluding hydrogens is 492 g/mol. The molecule has 2 aliphatic heterocycles. The van der Waals surface area contributed by atoms with Crippen LogP contribution in [0.15, 0.2) is 42.0 Å². The van der Waals surface area contributed by atoms with Crippen LogP contribution in [0.1, 0.15) is 36.0 Å². The van der Waals surface area contributed by atoms with Gasteiger partial charge >= 0.3 is 6.18 Å². The van der Waals surface area contributed by atoms with Crippen molar-refractivity contribution in [2.45, 2.75) is 49.5 Å². The van der Waals surface area contributed by atoms with Crippen LogP contribution in [0.3, 0.4) is 0 Å². The Morgan fingerprint density at radius 2 is 1.78 bits per heavy atom. The molecule has 2 heterocycles. The van der Waals surface area contributed by atoms with Gasteiger partial charge in [0, 0.05) is 52.0 Å². The van der Waals surface area contributed by atoms with Gasteiger partial charge < -0.3 is 20.2 Å². The molecule has 11 heteroatoms. The second-order valence-corrected chi connectivity index (χ2v) is 10.1. The van der Waals surface area contributed by atoms with Crippen LogP contribution >= 0.6 is 0 Å². The van der Waals surface area contributed by atoms with E-state index < -0.39 is 35.0 Å². The molecule has 0 bridgehead atoms. The standard InChI is InChI=1S/C26H32F4N4O3/c1-32(2)23(35)21-9-8-18(14-22(21)27)31-19-15-34(16-19)20-10-12-33(13-11-20)24(36)25(37,26(28,29)30)17-6-4-3-5-7-17/h4,6-9,14,19-20,31,37H,3,5,10-13,15-16H2,1-2H3. The molecule has 0 spiro atoms. The van der Waals surface area contributed by atoms with Gasteiger partial charge in [0.1, 0.15) is 5.82 Å². The van der Waals surface area contributed by atoms with Crippen molar-refractivity contribution in [1.29, 1.82) is 0 Å². The molecule has 0 radical (unpaired) electrons. The summed E-state index contributed by atoms with van der Waals surface area (Å²) in [6, 6.07) is 4.57. The van der Waals surface area contributed by atoms with Crippen LogP contribution in [-0.2, 0) is 4.79 Å². The minimum absolute atomic E-state index is 0.000290. The Morgan fingerprint density at radius 1 is 1.11 bits per heavy atom. The molecule has 7 nitrogen and oxygen atoms in total. The third-order valence-electron chi connectivity index (χ3n) is 7.29. The highest BCUT2D eigenvalue weighted by atomic mass is 19.4. The Kier molecular flexibility index (Phi) is 7.66. The number of hydrogen-bond acceptors (Lipinski definition) is 5. The molecule has 1 unspecified atom stereocenters. The number of rotatable bonds is 6. The van der Waals surface area contributed by atoms with Gasteiger partial charge in [0.15, 0.2) is 0 Å². The van der Waals surface area contributed by atoms with E-state index in [9.17, 15) is 32.3 Å². The van der Waals surface area contributed by atoms with Crippen molar-refractivity contribution in [3.05, 3.63) is 53.4 Å². The van der Waals surface area contributed by atoms with Crippen LogP contribution in [0.2, 0.25) is 0 Å². The Morgan fingerprint density at radius 3 is 2.32 bits per heavy atom. The average molecular weight is 525 g/mol. The number of hydrogen-bond donors (Lipinski definition) is 2. The minimum Gasteiger partial charge on any atom is -0.380 e. The summed E-state index contributed by atoms with van der Waals surface area (Å²) < 4.78 is 56.0. The molecule has 1 aromatic carbocycles. The fraction of sp³-hybridized carbons (Fsp3) is 0.538. The fourth-order valence-electron chi connectivity index (χ4n) is 5.11. The van der Waals surface area contributed by atoms with Crippen molar-refractivity contribution < 1.29 is 32.3 Å². The molecule has 1 aliphatic carbocycles. The number of anilines is 1. The van der Waals surface area contributed by atoms with E-state index in [2.05, 4.69) is 10.2 Å². The second kappa shape index (κ2) is 10.4. The van der Waals surface area contributed by atoms with E-state index in [4.69, 9.17) is 0 Å². The number of aliphatic hydroxyl groups is 1. The number of piperidine rings is 1. The van der Waals surface area contributed by atoms with Gasteiger partial charge in [-0.05, 0) is 49.5 Å². The van der Waals surface area contributed by atoms with E-state index in [1.807, 2.05) is 0 Å². The van der Waals surface area contributed by atoms with Crippen molar-refractivity contribution in [3.63, 3.8) is 0 Å². The SMILES string of the molecule is CN(C)C(=O)c1ccc(NC2CN(C3CCN(C(=O)C(O)(C4=CCCC=C4)C(F)(F)F)CC3)C2)cc1F. The summed E-state index contributed by atoms with van der Waals surface area (Å²) in [5, 5.41) is 13.8. The highest BCUT2D eigenvalue weighted by Gasteiger charge is 2.62. The van der Waals surface area contributed by atoms with Crippen LogP contribution in [0.25, 0.3) is 0 Å². The van der Waals surface area contributed by atoms with Gasteiger partial charge in [0.25, 0.3) is 17.4 Å². The summed E-state index contributed by atoms with van der Waals surface area (Å²) in [6.45, 7) is 1.59. The van der Waals surface area contributed by atoms with Crippen LogP contribution in [0, 0.1) is 5.82 Å². The predicted molar refractivity (Wildman–Crippen MR) is 130 cm³/mol. The molecule has 202 valence electrons. The van der Waals surface area contributed by atoms with Crippen molar-refractivity contribution in [3.8, 4) is 0 Å². The largest absolute Gasteiger partial charge is 0.430 e. The van der Waals surface area contributed by atoms with Gasteiger partial charge in [0.05, 0.1) is 11.6 Å². The van der Waals surface area contributed by atoms with Crippen molar-refractivity contribution in [2.24, 2.45) is 0 Å². The topological polar surface area (TPSA) is 76.1 Å². The lowest BCUT2D eigenvalue weighted by molar-refractivity contribution is -0.242. The Labute approximate surface area is 213 Å². The Bertz CT molecular complexity index is 1090. The predicted octanol–water partition coefficient (Wildman–Crippen LogP) is 3.18. The first-order valence-corrected chi connectivity index (χ1v) is 12.4. The molecule has 2 N–H and O–H groups in total. The van der Waals surface area contributed by atoms with E-state index in [1.54, 1.807) is 20.2 Å². The lowest BCUT2D eigenvalue weighted by Crippen LogP contribution is -2.63. The summed E-state index contributed by atoms with van der Waals surface area (Å²) >= 11 is 0. The number of alkyl halides is 3. The van der Waals surface area contributed by atoms with E-state index in [0.29, 0.717) is 44.5 Å². The van der Waals surface area contributed by atoms with Gasteiger partial charge in [-0.15, -0.1) is 0 Å². The van der Waals surface area contributed by atoms with E-state index >= 15 is 0 Å². The Balaban J connectivity index is 1.29. The van der Waals surface area contributed by atoms with Gasteiger partial charge in [-0.1, -0.05) is 18.2 Å². The molecule has 4 rings (SSSR count). The number of carbonyl (C=O) groups excluding carboxylic acids is 2. The molecule has 0 aromatic heterocycles. The van der Waals surface area contributed by atoms with Crippen LogP contribution in [-0.4, -0.2) is 95.8 Å². The first-order chi connectivity index (χ1) is 17.4. The summed E-state index contributed by atoms with van der Waals surface area (Å²) in [6.07, 6.45) is 0.787. The number of halogens is 4. The van der Waals surface area contributed by atoms with Gasteiger partial charge in [-0.3, -0.25) is 14.5 Å². The van der Waals surface area contributed by atoms with Gasteiger partial charge in [-0.2, -0.15) is 13.2 Å². The Hall–Kier alpha value is -2.92. The van der Waals surface area contributed by atoms with Crippen LogP contribution in [0.4, 0.5) is 23.2 Å². The van der Waals surface area contributed by atoms with Crippen molar-refractivity contribution in [1.82, 2.24) is 14.7 Å². The molecule has 3 aliphatic rings. The summed E-state index contributed by atoms with van der Waals surface area (Å²) in [5.41, 5.74) is -3.38. The smallest absolute Gasteiger partial charge is 0.380 e. The maximum atomic E-state index is 14.4.